The number of nitrogens with zero attached hydrogens (tertiary/aromatic N) is 3. The Morgan fingerprint density at radius 2 is 1.86 bits per heavy atom. The Balaban J connectivity index is 0.00000161. The van der Waals surface area contributed by atoms with Crippen LogP contribution in [0.4, 0.5) is 5.69 Å². The maximum absolute atomic E-state index is 10.9. The van der Waals surface area contributed by atoms with E-state index >= 15 is 0 Å². The zero-order valence-corrected chi connectivity index (χ0v) is 12.4. The van der Waals surface area contributed by atoms with Crippen LogP contribution in [0.25, 0.3) is 22.4 Å². The molecule has 21 heavy (non-hydrogen) atoms. The van der Waals surface area contributed by atoms with Crippen LogP contribution in [0, 0.1) is 10.1 Å². The molecule has 0 radical (unpaired) electrons. The molecular weight excluding hydrogens is 290 g/mol. The number of para-hydroxylation sites is 2. The van der Waals surface area contributed by atoms with Crippen LogP contribution in [0.1, 0.15) is 0 Å². The third-order valence-corrected chi connectivity index (χ3v) is 3.56. The van der Waals surface area contributed by atoms with E-state index < -0.39 is 0 Å². The first-order valence-electron chi connectivity index (χ1n) is 6.28. The Bertz CT molecular complexity index is 788. The van der Waals surface area contributed by atoms with E-state index in [1.54, 1.807) is 12.1 Å². The van der Waals surface area contributed by atoms with Gasteiger partial charge in [0.1, 0.15) is 0 Å². The molecule has 0 saturated heterocycles. The van der Waals surface area contributed by atoms with Crippen LogP contribution < -0.4 is 17.0 Å². The minimum Gasteiger partial charge on any atom is -1.00 e. The maximum atomic E-state index is 10.9. The van der Waals surface area contributed by atoms with E-state index in [-0.39, 0.29) is 23.0 Å². The first-order valence-corrected chi connectivity index (χ1v) is 6.28. The van der Waals surface area contributed by atoms with Crippen molar-refractivity contribution in [2.75, 3.05) is 0 Å². The van der Waals surface area contributed by atoms with Crippen molar-refractivity contribution in [1.82, 2.24) is 4.57 Å². The second-order valence-corrected chi connectivity index (χ2v) is 4.74. The summed E-state index contributed by atoms with van der Waals surface area (Å²) in [6, 6.07) is 14.8. The van der Waals surface area contributed by atoms with E-state index in [1.165, 1.54) is 6.07 Å². The minimum atomic E-state index is -0.369. The summed E-state index contributed by atoms with van der Waals surface area (Å²) in [5, 5.41) is 10.9. The number of benzene rings is 2. The number of nitro benzene ring substituents is 1. The fourth-order valence-electron chi connectivity index (χ4n) is 2.63. The van der Waals surface area contributed by atoms with Gasteiger partial charge in [-0.2, -0.15) is 0 Å². The number of hydrogen-bond donors (Lipinski definition) is 0. The molecule has 0 aliphatic heterocycles. The lowest BCUT2D eigenvalue weighted by molar-refractivity contribution is -0.634. The highest BCUT2D eigenvalue weighted by atomic mass is 35.5. The van der Waals surface area contributed by atoms with Crippen molar-refractivity contribution in [2.45, 2.75) is 0 Å². The number of hydrogen-bond acceptors (Lipinski definition) is 2. The Kier molecular flexibility index (Phi) is 3.95. The van der Waals surface area contributed by atoms with Crippen molar-refractivity contribution in [1.29, 1.82) is 0 Å². The van der Waals surface area contributed by atoms with E-state index in [9.17, 15) is 10.1 Å². The second-order valence-electron chi connectivity index (χ2n) is 4.74. The lowest BCUT2D eigenvalue weighted by Crippen LogP contribution is -3.00. The van der Waals surface area contributed by atoms with E-state index in [2.05, 4.69) is 0 Å². The molecule has 5 nitrogen and oxygen atoms in total. The van der Waals surface area contributed by atoms with Crippen molar-refractivity contribution in [3.8, 4) is 11.4 Å². The molecule has 3 rings (SSSR count). The van der Waals surface area contributed by atoms with E-state index in [0.717, 1.165) is 22.4 Å². The zero-order chi connectivity index (χ0) is 14.3. The van der Waals surface area contributed by atoms with Crippen molar-refractivity contribution >= 4 is 16.7 Å². The molecule has 0 fully saturated rings. The summed E-state index contributed by atoms with van der Waals surface area (Å²) >= 11 is 0. The van der Waals surface area contributed by atoms with Gasteiger partial charge in [0.15, 0.2) is 11.0 Å². The van der Waals surface area contributed by atoms with Crippen LogP contribution >= 0.6 is 0 Å². The van der Waals surface area contributed by atoms with Gasteiger partial charge in [-0.05, 0) is 18.2 Å². The number of imidazole rings is 1. The molecule has 1 heterocycles. The molecule has 0 saturated carbocycles. The summed E-state index contributed by atoms with van der Waals surface area (Å²) in [6.07, 6.45) is 0. The zero-order valence-electron chi connectivity index (χ0n) is 11.7. The highest BCUT2D eigenvalue weighted by molar-refractivity contribution is 5.76. The normalized spacial score (nSPS) is 10.4. The number of rotatable bonds is 2. The van der Waals surface area contributed by atoms with Crippen molar-refractivity contribution < 1.29 is 21.9 Å². The van der Waals surface area contributed by atoms with Gasteiger partial charge in [-0.1, -0.05) is 18.2 Å². The quantitative estimate of drug-likeness (QED) is 0.367. The van der Waals surface area contributed by atoms with E-state index in [4.69, 9.17) is 0 Å². The first kappa shape index (κ1) is 15.0. The molecule has 2 aromatic carbocycles. The maximum Gasteiger partial charge on any atom is 0.289 e. The van der Waals surface area contributed by atoms with Gasteiger partial charge in [-0.25, -0.2) is 9.13 Å². The number of fused-ring (bicyclic) bond motifs is 1. The van der Waals surface area contributed by atoms with Gasteiger partial charge >= 0.3 is 0 Å². The van der Waals surface area contributed by atoms with Crippen LogP contribution in [0.2, 0.25) is 0 Å². The average molecular weight is 304 g/mol. The summed E-state index contributed by atoms with van der Waals surface area (Å²) in [7, 11) is 3.94. The van der Waals surface area contributed by atoms with Crippen molar-refractivity contribution in [3.05, 3.63) is 58.6 Å². The molecule has 0 N–H and O–H groups in total. The van der Waals surface area contributed by atoms with Crippen LogP contribution in [0.5, 0.6) is 0 Å². The van der Waals surface area contributed by atoms with E-state index in [1.807, 2.05) is 53.6 Å². The number of halogens is 1. The van der Waals surface area contributed by atoms with Gasteiger partial charge < -0.3 is 12.4 Å². The molecule has 0 bridgehead atoms. The Morgan fingerprint density at radius 3 is 2.52 bits per heavy atom. The standard InChI is InChI=1S/C15H14N3O2.ClH/c1-16-13-8-3-4-9-14(13)17(2)15(16)11-6-5-7-12(10-11)18(19)20;/h3-10H,1-2H3;1H/q+1;/p-1. The largest absolute Gasteiger partial charge is 1.00 e. The molecule has 3 aromatic rings. The van der Waals surface area contributed by atoms with Crippen LogP contribution in [0.3, 0.4) is 0 Å². The van der Waals surface area contributed by atoms with Crippen LogP contribution in [-0.2, 0) is 14.1 Å². The number of aromatic nitrogens is 2. The lowest BCUT2D eigenvalue weighted by Gasteiger charge is -1.99. The number of nitro groups is 1. The molecule has 0 spiro atoms. The molecule has 0 unspecified atom stereocenters. The molecule has 0 amide bonds. The average Bonchev–Trinajstić information content (AvgIpc) is 2.72. The van der Waals surface area contributed by atoms with Gasteiger partial charge in [-0.15, -0.1) is 0 Å². The highest BCUT2D eigenvalue weighted by Crippen LogP contribution is 2.24. The molecule has 108 valence electrons. The van der Waals surface area contributed by atoms with Gasteiger partial charge in [-0.3, -0.25) is 10.1 Å². The smallest absolute Gasteiger partial charge is 0.289 e. The van der Waals surface area contributed by atoms with Crippen LogP contribution in [0.15, 0.2) is 48.5 Å². The van der Waals surface area contributed by atoms with Crippen molar-refractivity contribution in [2.24, 2.45) is 14.1 Å². The van der Waals surface area contributed by atoms with E-state index in [0.29, 0.717) is 0 Å². The van der Waals surface area contributed by atoms with Gasteiger partial charge in [0.05, 0.1) is 24.6 Å². The summed E-state index contributed by atoms with van der Waals surface area (Å²) in [4.78, 5) is 10.5. The highest BCUT2D eigenvalue weighted by Gasteiger charge is 2.22. The predicted molar refractivity (Wildman–Crippen MR) is 76.2 cm³/mol. The fraction of sp³-hybridized carbons (Fsp3) is 0.133. The van der Waals surface area contributed by atoms with Gasteiger partial charge in [0.2, 0.25) is 0 Å². The Hall–Kier alpha value is -2.40. The van der Waals surface area contributed by atoms with Crippen molar-refractivity contribution in [3.63, 3.8) is 0 Å². The first-order chi connectivity index (χ1) is 9.59. The SMILES string of the molecule is Cn1c(-c2cccc([N+](=O)[O-])c2)[n+](C)c2ccccc21.[Cl-]. The second kappa shape index (κ2) is 5.54. The molecule has 1 aromatic heterocycles. The monoisotopic (exact) mass is 303 g/mol. The fourth-order valence-corrected chi connectivity index (χ4v) is 2.63. The minimum absolute atomic E-state index is 0. The summed E-state index contributed by atoms with van der Waals surface area (Å²) in [6.45, 7) is 0. The third kappa shape index (κ3) is 2.36. The topological polar surface area (TPSA) is 51.9 Å². The van der Waals surface area contributed by atoms with Gasteiger partial charge in [0, 0.05) is 12.1 Å². The molecule has 0 aliphatic carbocycles. The Morgan fingerprint density at radius 1 is 1.14 bits per heavy atom. The number of aryl methyl sites for hydroxylation is 2. The third-order valence-electron chi connectivity index (χ3n) is 3.56. The molecule has 6 heteroatoms. The van der Waals surface area contributed by atoms with Gasteiger partial charge in [0.25, 0.3) is 11.5 Å². The molecular formula is C15H14ClN3O2. The summed E-state index contributed by atoms with van der Waals surface area (Å²) in [5.41, 5.74) is 3.13. The number of non-ortho nitro benzene ring substituents is 1. The van der Waals surface area contributed by atoms with Crippen LogP contribution in [-0.4, -0.2) is 9.49 Å². The summed E-state index contributed by atoms with van der Waals surface area (Å²) in [5.74, 6) is 0.940. The Labute approximate surface area is 128 Å². The predicted octanol–water partition coefficient (Wildman–Crippen LogP) is -0.418. The molecule has 0 aliphatic rings. The summed E-state index contributed by atoms with van der Waals surface area (Å²) < 4.78 is 4.10. The molecule has 0 atom stereocenters. The lowest BCUT2D eigenvalue weighted by atomic mass is 10.2.